The quantitative estimate of drug-likeness (QED) is 0.476. The number of ether oxygens (including phenoxy) is 2. The molecular weight excluding hydrogens is 214 g/mol. The van der Waals surface area contributed by atoms with Crippen molar-refractivity contribution < 1.29 is 19.7 Å². The van der Waals surface area contributed by atoms with E-state index in [-0.39, 0.29) is 6.61 Å². The van der Waals surface area contributed by atoms with Gasteiger partial charge in [-0.05, 0) is 6.08 Å². The highest BCUT2D eigenvalue weighted by Crippen LogP contribution is 2.36. The number of nitrogens with two attached hydrogens (primary N) is 1. The van der Waals surface area contributed by atoms with Crippen molar-refractivity contribution in [3.8, 4) is 0 Å². The molecule has 16 heavy (non-hydrogen) atoms. The first-order valence-corrected chi connectivity index (χ1v) is 5.09. The van der Waals surface area contributed by atoms with Gasteiger partial charge in [0.1, 0.15) is 24.1 Å². The Morgan fingerprint density at radius 2 is 2.31 bits per heavy atom. The fraction of sp³-hybridized carbons (Fsp3) is 0.667. The maximum atomic E-state index is 9.83. The summed E-state index contributed by atoms with van der Waals surface area (Å²) in [6.07, 6.45) is 0.480. The minimum atomic E-state index is -0.842. The van der Waals surface area contributed by atoms with Crippen LogP contribution >= 0.6 is 0 Å². The maximum Gasteiger partial charge on any atom is 0.232 e. The molecule has 3 rings (SSSR count). The van der Waals surface area contributed by atoms with E-state index in [1.54, 1.807) is 17.2 Å². The molecule has 0 amide bonds. The average Bonchev–Trinajstić information content (AvgIpc) is 2.75. The molecular formula is C9H13N3O4. The minimum absolute atomic E-state index is 0.231. The van der Waals surface area contributed by atoms with Gasteiger partial charge in [0.25, 0.3) is 0 Å². The monoisotopic (exact) mass is 227 g/mol. The number of hydrogen-bond acceptors (Lipinski definition) is 7. The van der Waals surface area contributed by atoms with Gasteiger partial charge in [-0.15, -0.1) is 0 Å². The summed E-state index contributed by atoms with van der Waals surface area (Å²) in [6, 6.07) is 0. The lowest BCUT2D eigenvalue weighted by Gasteiger charge is -2.26. The summed E-state index contributed by atoms with van der Waals surface area (Å²) in [5.74, 6) is 0.384. The number of rotatable bonds is 1. The van der Waals surface area contributed by atoms with Gasteiger partial charge < -0.3 is 30.3 Å². The van der Waals surface area contributed by atoms with Crippen LogP contribution in [0.1, 0.15) is 0 Å². The molecule has 7 heteroatoms. The number of aliphatic hydroxyl groups is 2. The van der Waals surface area contributed by atoms with Crippen LogP contribution in [-0.4, -0.2) is 58.4 Å². The molecule has 3 aliphatic heterocycles. The lowest BCUT2D eigenvalue weighted by molar-refractivity contribution is -0.0910. The van der Waals surface area contributed by atoms with E-state index in [1.165, 1.54) is 0 Å². The third kappa shape index (κ3) is 1.26. The molecule has 0 aromatic rings. The first-order chi connectivity index (χ1) is 7.70. The molecule has 5 atom stereocenters. The Bertz CT molecular complexity index is 359. The highest BCUT2D eigenvalue weighted by molar-refractivity contribution is 5.91. The zero-order valence-electron chi connectivity index (χ0n) is 8.43. The third-order valence-electron chi connectivity index (χ3n) is 3.00. The summed E-state index contributed by atoms with van der Waals surface area (Å²) in [5.41, 5.74) is 5.54. The van der Waals surface area contributed by atoms with Gasteiger partial charge in [0.05, 0.1) is 6.61 Å². The Morgan fingerprint density at radius 1 is 1.50 bits per heavy atom. The van der Waals surface area contributed by atoms with Crippen LogP contribution in [0.3, 0.4) is 0 Å². The molecule has 3 heterocycles. The van der Waals surface area contributed by atoms with Crippen molar-refractivity contribution in [3.63, 3.8) is 0 Å². The molecule has 0 radical (unpaired) electrons. The van der Waals surface area contributed by atoms with Gasteiger partial charge in [0.2, 0.25) is 6.35 Å². The molecule has 2 fully saturated rings. The second-order valence-electron chi connectivity index (χ2n) is 3.98. The van der Waals surface area contributed by atoms with Crippen molar-refractivity contribution in [1.29, 1.82) is 0 Å². The van der Waals surface area contributed by atoms with Crippen molar-refractivity contribution in [1.82, 2.24) is 4.90 Å². The predicted octanol–water partition coefficient (Wildman–Crippen LogP) is -2.07. The van der Waals surface area contributed by atoms with Crippen LogP contribution in [0.5, 0.6) is 0 Å². The van der Waals surface area contributed by atoms with Crippen LogP contribution in [0.4, 0.5) is 0 Å². The zero-order chi connectivity index (χ0) is 11.3. The van der Waals surface area contributed by atoms with Gasteiger partial charge in [-0.25, -0.2) is 4.99 Å². The number of nitrogens with zero attached hydrogens (tertiary/aromatic N) is 2. The van der Waals surface area contributed by atoms with Crippen molar-refractivity contribution in [2.24, 2.45) is 10.7 Å². The molecule has 0 aromatic heterocycles. The Kier molecular flexibility index (Phi) is 2.15. The molecule has 0 bridgehead atoms. The zero-order valence-corrected chi connectivity index (χ0v) is 8.43. The highest BCUT2D eigenvalue weighted by Gasteiger charge is 2.54. The summed E-state index contributed by atoms with van der Waals surface area (Å²) >= 11 is 0. The summed E-state index contributed by atoms with van der Waals surface area (Å²) in [4.78, 5) is 5.81. The first kappa shape index (κ1) is 10.0. The smallest absolute Gasteiger partial charge is 0.232 e. The number of aliphatic hydroxyl groups excluding tert-OH is 2. The van der Waals surface area contributed by atoms with Crippen LogP contribution in [-0.2, 0) is 9.47 Å². The molecule has 0 aliphatic carbocycles. The first-order valence-electron chi connectivity index (χ1n) is 5.09. The largest absolute Gasteiger partial charge is 0.394 e. The van der Waals surface area contributed by atoms with Gasteiger partial charge in [0, 0.05) is 6.20 Å². The van der Waals surface area contributed by atoms with E-state index in [0.29, 0.717) is 5.84 Å². The molecule has 88 valence electrons. The van der Waals surface area contributed by atoms with E-state index in [0.717, 1.165) is 0 Å². The molecule has 2 saturated heterocycles. The second kappa shape index (κ2) is 3.42. The molecule has 0 aromatic carbocycles. The van der Waals surface area contributed by atoms with E-state index < -0.39 is 30.9 Å². The van der Waals surface area contributed by atoms with E-state index in [4.69, 9.17) is 20.3 Å². The third-order valence-corrected chi connectivity index (χ3v) is 3.00. The standard InChI is InChI=1S/C9H13N3O4/c10-5-1-2-12-8-7(16-9(12)11-5)6(14)4(3-13)15-8/h1-2,4,6-9,13-14H,3H2,(H2,10,11)/t4-,6+,7+,8-,9-/m0/s1. The van der Waals surface area contributed by atoms with Crippen molar-refractivity contribution in [3.05, 3.63) is 12.3 Å². The predicted molar refractivity (Wildman–Crippen MR) is 53.0 cm³/mol. The van der Waals surface area contributed by atoms with E-state index in [2.05, 4.69) is 4.99 Å². The summed E-state index contributed by atoms with van der Waals surface area (Å²) in [7, 11) is 0. The van der Waals surface area contributed by atoms with Crippen molar-refractivity contribution >= 4 is 5.84 Å². The van der Waals surface area contributed by atoms with E-state index >= 15 is 0 Å². The molecule has 0 unspecified atom stereocenters. The number of aliphatic imine (C=N–C) groups is 1. The van der Waals surface area contributed by atoms with Gasteiger partial charge in [-0.3, -0.25) is 0 Å². The van der Waals surface area contributed by atoms with Crippen molar-refractivity contribution in [2.75, 3.05) is 6.61 Å². The molecule has 3 aliphatic rings. The van der Waals surface area contributed by atoms with Gasteiger partial charge in [-0.1, -0.05) is 0 Å². The SMILES string of the molecule is NC1=N[C@@H]2O[C@@H]3[C@H](O)[C@H](CO)O[C@@H]3N2C=C1. The van der Waals surface area contributed by atoms with Crippen LogP contribution in [0.15, 0.2) is 17.3 Å². The number of amidine groups is 1. The van der Waals surface area contributed by atoms with E-state index in [9.17, 15) is 5.11 Å². The fourth-order valence-electron chi connectivity index (χ4n) is 2.18. The van der Waals surface area contributed by atoms with Gasteiger partial charge in [-0.2, -0.15) is 0 Å². The molecule has 7 nitrogen and oxygen atoms in total. The summed E-state index contributed by atoms with van der Waals surface area (Å²) < 4.78 is 11.0. The lowest BCUT2D eigenvalue weighted by Crippen LogP contribution is -2.37. The maximum absolute atomic E-state index is 9.83. The summed E-state index contributed by atoms with van der Waals surface area (Å²) in [5, 5.41) is 18.8. The highest BCUT2D eigenvalue weighted by atomic mass is 16.6. The van der Waals surface area contributed by atoms with E-state index in [1.807, 2.05) is 0 Å². The Labute approximate surface area is 91.8 Å². The molecule has 4 N–H and O–H groups in total. The minimum Gasteiger partial charge on any atom is -0.394 e. The van der Waals surface area contributed by atoms with Crippen LogP contribution < -0.4 is 5.73 Å². The molecule has 0 saturated carbocycles. The van der Waals surface area contributed by atoms with Crippen LogP contribution in [0, 0.1) is 0 Å². The lowest BCUT2D eigenvalue weighted by atomic mass is 10.1. The van der Waals surface area contributed by atoms with Gasteiger partial charge in [0.15, 0.2) is 6.23 Å². The Balaban J connectivity index is 1.83. The second-order valence-corrected chi connectivity index (χ2v) is 3.98. The van der Waals surface area contributed by atoms with Gasteiger partial charge >= 0.3 is 0 Å². The van der Waals surface area contributed by atoms with Crippen LogP contribution in [0.2, 0.25) is 0 Å². The van der Waals surface area contributed by atoms with Crippen LogP contribution in [0.25, 0.3) is 0 Å². The fourth-order valence-corrected chi connectivity index (χ4v) is 2.18. The normalized spacial score (nSPS) is 45.5. The number of hydrogen-bond donors (Lipinski definition) is 3. The topological polar surface area (TPSA) is 101 Å². The Morgan fingerprint density at radius 3 is 3.06 bits per heavy atom. The van der Waals surface area contributed by atoms with Crippen molar-refractivity contribution in [2.45, 2.75) is 30.9 Å². The summed E-state index contributed by atoms with van der Waals surface area (Å²) in [6.45, 7) is -0.231. The number of fused-ring (bicyclic) bond motifs is 3. The molecule has 0 spiro atoms. The average molecular weight is 227 g/mol. The Hall–Kier alpha value is -1.15.